The number of aliphatic hydroxyl groups excluding tert-OH is 1. The maximum atomic E-state index is 15.1. The number of nitrogens with zero attached hydrogens (tertiary/aromatic N) is 3. The van der Waals surface area contributed by atoms with Crippen LogP contribution in [0.5, 0.6) is 0 Å². The predicted octanol–water partition coefficient (Wildman–Crippen LogP) is 5.35. The Hall–Kier alpha value is -5.75. The van der Waals surface area contributed by atoms with Crippen LogP contribution in [0.15, 0.2) is 60.9 Å². The Morgan fingerprint density at radius 2 is 1.62 bits per heavy atom. The van der Waals surface area contributed by atoms with Crippen LogP contribution >= 0.6 is 0 Å². The molecule has 6 N–H and O–H groups in total. The topological polar surface area (TPSA) is 164 Å². The van der Waals surface area contributed by atoms with E-state index in [0.29, 0.717) is 42.8 Å². The molecule has 0 unspecified atom stereocenters. The highest BCUT2D eigenvalue weighted by Gasteiger charge is 2.56. The molecule has 0 saturated carbocycles. The first-order chi connectivity index (χ1) is 30.9. The number of piperazine rings is 1. The van der Waals surface area contributed by atoms with Gasteiger partial charge in [-0.25, -0.2) is 18.6 Å². The summed E-state index contributed by atoms with van der Waals surface area (Å²) < 4.78 is 108. The molecule has 3 heterocycles. The Kier molecular flexibility index (Phi) is 17.7. The number of halogens is 7. The molecule has 2 aliphatic heterocycles. The number of alkyl carbamates (subject to hydrolysis) is 1. The number of ether oxygens (including phenoxy) is 2. The molecule has 0 aliphatic carbocycles. The van der Waals surface area contributed by atoms with Crippen LogP contribution in [0.2, 0.25) is 0 Å². The van der Waals surface area contributed by atoms with Crippen LogP contribution in [0.3, 0.4) is 0 Å². The van der Waals surface area contributed by atoms with Crippen molar-refractivity contribution in [1.82, 2.24) is 31.2 Å². The molecule has 2 aliphatic rings. The van der Waals surface area contributed by atoms with Gasteiger partial charge in [-0.2, -0.15) is 22.0 Å². The third kappa shape index (κ3) is 13.9. The predicted molar refractivity (Wildman–Crippen MR) is 229 cm³/mol. The first-order valence-corrected chi connectivity index (χ1v) is 20.9. The van der Waals surface area contributed by atoms with Crippen molar-refractivity contribution in [1.29, 1.82) is 5.41 Å². The molecule has 3 aromatic rings. The number of carbonyl (C=O) groups is 2. The normalized spacial score (nSPS) is 16.8. The van der Waals surface area contributed by atoms with Crippen LogP contribution in [-0.2, 0) is 27.2 Å². The van der Waals surface area contributed by atoms with E-state index in [4.69, 9.17) is 10.1 Å². The molecule has 0 bridgehead atoms. The lowest BCUT2D eigenvalue weighted by molar-refractivity contribution is -0.220. The van der Waals surface area contributed by atoms with Gasteiger partial charge in [-0.05, 0) is 80.6 Å². The van der Waals surface area contributed by atoms with Crippen molar-refractivity contribution in [3.63, 3.8) is 0 Å². The Labute approximate surface area is 372 Å². The van der Waals surface area contributed by atoms with Gasteiger partial charge in [0.1, 0.15) is 23.5 Å². The van der Waals surface area contributed by atoms with Crippen LogP contribution in [0.25, 0.3) is 5.57 Å². The quantitative estimate of drug-likeness (QED) is 0.0451. The Morgan fingerprint density at radius 3 is 2.18 bits per heavy atom. The highest BCUT2D eigenvalue weighted by atomic mass is 19.4. The first-order valence-electron chi connectivity index (χ1n) is 20.9. The number of benzene rings is 2. The standard InChI is InChI=1S/C45H53F7N8O5/c1-44(2,45(50,51)52)40(58-43(63)64-3)41(62)57-37(38(61)27-54-26-34-35(46)21-31(22-36(34)47)32(23-53)25-56-42(48)49)20-29-7-4-28(5-8-29)6-9-30-10-11-39(55-24-30)60-16-14-59(15-17-60)33-12-18-65-19-13-33/h4-5,7-8,10-11,21-25,33,37-38,40,42,53-54,56,61H,12-20,26-27H2,1-3H3,(H,57,62)(H,58,63)/b32-25+,53-23?/t37-,38-,40+/m0/s1. The summed E-state index contributed by atoms with van der Waals surface area (Å²) in [6.45, 7) is 2.72. The van der Waals surface area contributed by atoms with Crippen LogP contribution in [0, 0.1) is 34.3 Å². The van der Waals surface area contributed by atoms with Gasteiger partial charge in [0.25, 0.3) is 0 Å². The van der Waals surface area contributed by atoms with E-state index in [2.05, 4.69) is 42.0 Å². The molecule has 5 rings (SSSR count). The molecular formula is C45H53F7N8O5. The van der Waals surface area contributed by atoms with Crippen LogP contribution in [0.4, 0.5) is 41.3 Å². The number of aromatic nitrogens is 1. The van der Waals surface area contributed by atoms with E-state index >= 15 is 8.78 Å². The smallest absolute Gasteiger partial charge is 0.407 e. The number of aliphatic hydroxyl groups is 1. The Bertz CT molecular complexity index is 2140. The molecule has 2 fully saturated rings. The number of carbonyl (C=O) groups excluding carboxylic acids is 2. The fourth-order valence-electron chi connectivity index (χ4n) is 7.39. The minimum Gasteiger partial charge on any atom is -0.453 e. The molecule has 0 spiro atoms. The number of amides is 2. The van der Waals surface area contributed by atoms with E-state index in [1.54, 1.807) is 35.8 Å². The number of anilines is 1. The largest absolute Gasteiger partial charge is 0.453 e. The number of pyridine rings is 1. The lowest BCUT2D eigenvalue weighted by atomic mass is 9.82. The summed E-state index contributed by atoms with van der Waals surface area (Å²) in [5.74, 6) is 3.51. The summed E-state index contributed by atoms with van der Waals surface area (Å²) in [4.78, 5) is 35.1. The fourth-order valence-corrected chi connectivity index (χ4v) is 7.39. The second-order valence-electron chi connectivity index (χ2n) is 16.2. The molecule has 1 aromatic heterocycles. The summed E-state index contributed by atoms with van der Waals surface area (Å²) in [7, 11) is 0.911. The van der Waals surface area contributed by atoms with Crippen molar-refractivity contribution in [2.45, 2.75) is 76.6 Å². The lowest BCUT2D eigenvalue weighted by Gasteiger charge is -2.41. The molecule has 2 amide bonds. The van der Waals surface area contributed by atoms with E-state index in [0.717, 1.165) is 83.5 Å². The van der Waals surface area contributed by atoms with E-state index in [9.17, 15) is 36.6 Å². The van der Waals surface area contributed by atoms with Gasteiger partial charge in [-0.1, -0.05) is 24.0 Å². The molecule has 352 valence electrons. The Balaban J connectivity index is 1.28. The summed E-state index contributed by atoms with van der Waals surface area (Å²) in [6, 6.07) is 9.15. The third-order valence-electron chi connectivity index (χ3n) is 11.5. The average molecular weight is 919 g/mol. The van der Waals surface area contributed by atoms with Gasteiger partial charge in [-0.15, -0.1) is 0 Å². The van der Waals surface area contributed by atoms with Crippen molar-refractivity contribution in [3.8, 4) is 11.8 Å². The molecule has 65 heavy (non-hydrogen) atoms. The minimum atomic E-state index is -4.99. The van der Waals surface area contributed by atoms with Crippen molar-refractivity contribution in [3.05, 3.63) is 100 Å². The highest BCUT2D eigenvalue weighted by molar-refractivity contribution is 6.08. The second kappa shape index (κ2) is 22.9. The average Bonchev–Trinajstić information content (AvgIpc) is 3.28. The number of alkyl halides is 5. The van der Waals surface area contributed by atoms with Crippen LogP contribution in [-0.4, -0.2) is 123 Å². The van der Waals surface area contributed by atoms with Crippen molar-refractivity contribution >= 4 is 29.6 Å². The van der Waals surface area contributed by atoms with Gasteiger partial charge in [0.2, 0.25) is 5.91 Å². The maximum absolute atomic E-state index is 15.1. The molecule has 13 nitrogen and oxygen atoms in total. The number of nitrogens with one attached hydrogen (secondary N) is 5. The molecule has 3 atom stereocenters. The number of allylic oxidation sites excluding steroid dienone is 1. The monoisotopic (exact) mass is 918 g/mol. The summed E-state index contributed by atoms with van der Waals surface area (Å²) in [6.07, 6.45) is -2.88. The number of hydrogen-bond donors (Lipinski definition) is 6. The van der Waals surface area contributed by atoms with Gasteiger partial charge in [-0.3, -0.25) is 9.69 Å². The van der Waals surface area contributed by atoms with E-state index in [1.807, 2.05) is 17.4 Å². The number of hydrogen-bond acceptors (Lipinski definition) is 11. The van der Waals surface area contributed by atoms with Gasteiger partial charge >= 0.3 is 18.8 Å². The lowest BCUT2D eigenvalue weighted by Crippen LogP contribution is -2.62. The molecule has 20 heteroatoms. The molecule has 0 radical (unpaired) electrons. The second-order valence-corrected chi connectivity index (χ2v) is 16.2. The van der Waals surface area contributed by atoms with Crippen molar-refractivity contribution in [2.24, 2.45) is 5.41 Å². The molecule has 2 saturated heterocycles. The van der Waals surface area contributed by atoms with E-state index in [1.165, 1.54) is 0 Å². The third-order valence-corrected chi connectivity index (χ3v) is 11.5. The molecule has 2 aromatic carbocycles. The van der Waals surface area contributed by atoms with Crippen LogP contribution < -0.4 is 26.2 Å². The summed E-state index contributed by atoms with van der Waals surface area (Å²) in [5, 5.41) is 27.5. The minimum absolute atomic E-state index is 0.156. The van der Waals surface area contributed by atoms with E-state index in [-0.39, 0.29) is 17.6 Å². The molecular weight excluding hydrogens is 866 g/mol. The summed E-state index contributed by atoms with van der Waals surface area (Å²) >= 11 is 0. The van der Waals surface area contributed by atoms with Gasteiger partial charge < -0.3 is 46.2 Å². The zero-order chi connectivity index (χ0) is 47.3. The van der Waals surface area contributed by atoms with Gasteiger partial charge in [0.05, 0.1) is 24.7 Å². The fraction of sp³-hybridized carbons (Fsp3) is 0.467. The number of rotatable bonds is 17. The SMILES string of the molecule is COC(=O)N[C@H](C(=O)N[C@@H](Cc1ccc(C#Cc2ccc(N3CCN(C4CCOCC4)CC3)nc2)cc1)[C@@H](O)CNCc1c(F)cc(/C(C=N)=C/NC(F)F)cc1F)C(C)(C)C(F)(F)F. The maximum Gasteiger partial charge on any atom is 0.407 e. The van der Waals surface area contributed by atoms with E-state index < -0.39 is 78.6 Å². The number of methoxy groups -OCH3 is 1. The zero-order valence-electron chi connectivity index (χ0n) is 36.1. The van der Waals surface area contributed by atoms with Crippen LogP contribution in [0.1, 0.15) is 54.5 Å². The van der Waals surface area contributed by atoms with Gasteiger partial charge in [0.15, 0.2) is 0 Å². The van der Waals surface area contributed by atoms with Crippen molar-refractivity contribution < 1.29 is 54.9 Å². The van der Waals surface area contributed by atoms with Gasteiger partial charge in [0, 0.05) is 99.4 Å². The Morgan fingerprint density at radius 1 is 0.985 bits per heavy atom. The summed E-state index contributed by atoms with van der Waals surface area (Å²) in [5.41, 5.74) is -1.98. The highest BCUT2D eigenvalue weighted by Crippen LogP contribution is 2.40. The first kappa shape index (κ1) is 50.3. The van der Waals surface area contributed by atoms with Crippen molar-refractivity contribution in [2.75, 3.05) is 57.9 Å². The zero-order valence-corrected chi connectivity index (χ0v) is 36.1.